The molecule has 1 atom stereocenters. The molecule has 0 bridgehead atoms. The molecule has 0 fully saturated rings. The van der Waals surface area contributed by atoms with E-state index in [0.29, 0.717) is 17.9 Å². The summed E-state index contributed by atoms with van der Waals surface area (Å²) in [5.74, 6) is 0. The molecule has 1 rings (SSSR count). The van der Waals surface area contributed by atoms with E-state index in [-0.39, 0.29) is 0 Å². The van der Waals surface area contributed by atoms with E-state index in [9.17, 15) is 5.11 Å². The van der Waals surface area contributed by atoms with E-state index in [2.05, 4.69) is 15.9 Å². The zero-order valence-corrected chi connectivity index (χ0v) is 8.37. The predicted molar refractivity (Wildman–Crippen MR) is 47.9 cm³/mol. The molecular weight excluding hydrogens is 224 g/mol. The molecule has 12 heavy (non-hydrogen) atoms. The third-order valence-corrected chi connectivity index (χ3v) is 2.13. The van der Waals surface area contributed by atoms with Gasteiger partial charge in [0.2, 0.25) is 0 Å². The summed E-state index contributed by atoms with van der Waals surface area (Å²) >= 11 is 3.18. The molecule has 1 unspecified atom stereocenters. The SMILES string of the molecule is CCOCC(O)c1ccoc1Br. The molecule has 0 spiro atoms. The molecule has 1 aromatic heterocycles. The lowest BCUT2D eigenvalue weighted by molar-refractivity contribution is 0.0412. The van der Waals surface area contributed by atoms with Gasteiger partial charge in [-0.05, 0) is 28.9 Å². The van der Waals surface area contributed by atoms with Crippen LogP contribution >= 0.6 is 15.9 Å². The molecule has 0 saturated carbocycles. The molecule has 0 saturated heterocycles. The third kappa shape index (κ3) is 2.33. The second kappa shape index (κ2) is 4.64. The number of furan rings is 1. The topological polar surface area (TPSA) is 42.6 Å². The highest BCUT2D eigenvalue weighted by Gasteiger charge is 2.12. The van der Waals surface area contributed by atoms with Crippen LogP contribution in [-0.2, 0) is 4.74 Å². The predicted octanol–water partition coefficient (Wildman–Crippen LogP) is 2.11. The molecule has 0 aromatic carbocycles. The molecular formula is C8H11BrO3. The van der Waals surface area contributed by atoms with Gasteiger partial charge in [0.25, 0.3) is 0 Å². The molecule has 4 heteroatoms. The Morgan fingerprint density at radius 3 is 3.00 bits per heavy atom. The van der Waals surface area contributed by atoms with Gasteiger partial charge in [-0.1, -0.05) is 0 Å². The first-order valence-corrected chi connectivity index (χ1v) is 4.53. The number of aliphatic hydroxyl groups excluding tert-OH is 1. The van der Waals surface area contributed by atoms with E-state index >= 15 is 0 Å². The average molecular weight is 235 g/mol. The molecule has 0 amide bonds. The van der Waals surface area contributed by atoms with Crippen molar-refractivity contribution >= 4 is 15.9 Å². The van der Waals surface area contributed by atoms with Crippen LogP contribution in [0, 0.1) is 0 Å². The molecule has 1 heterocycles. The van der Waals surface area contributed by atoms with E-state index in [1.807, 2.05) is 6.92 Å². The summed E-state index contributed by atoms with van der Waals surface area (Å²) in [6.45, 7) is 2.79. The standard InChI is InChI=1S/C8H11BrO3/c1-2-11-5-7(10)6-3-4-12-8(6)9/h3-4,7,10H,2,5H2,1H3. The molecule has 0 radical (unpaired) electrons. The van der Waals surface area contributed by atoms with E-state index in [1.165, 1.54) is 6.26 Å². The van der Waals surface area contributed by atoms with Crippen molar-refractivity contribution in [2.75, 3.05) is 13.2 Å². The fourth-order valence-electron chi connectivity index (χ4n) is 0.862. The Bertz CT molecular complexity index is 234. The minimum atomic E-state index is -0.613. The summed E-state index contributed by atoms with van der Waals surface area (Å²) in [5.41, 5.74) is 0.725. The Hall–Kier alpha value is -0.320. The molecule has 0 aliphatic heterocycles. The normalized spacial score (nSPS) is 13.2. The summed E-state index contributed by atoms with van der Waals surface area (Å²) in [4.78, 5) is 0. The summed E-state index contributed by atoms with van der Waals surface area (Å²) in [5, 5.41) is 9.51. The first kappa shape index (κ1) is 9.77. The third-order valence-electron chi connectivity index (χ3n) is 1.48. The Morgan fingerprint density at radius 2 is 2.50 bits per heavy atom. The lowest BCUT2D eigenvalue weighted by Gasteiger charge is -2.07. The van der Waals surface area contributed by atoms with Gasteiger partial charge in [0.15, 0.2) is 4.67 Å². The van der Waals surface area contributed by atoms with Gasteiger partial charge in [-0.25, -0.2) is 0 Å². The highest BCUT2D eigenvalue weighted by molar-refractivity contribution is 9.10. The summed E-state index contributed by atoms with van der Waals surface area (Å²) in [7, 11) is 0. The molecule has 3 nitrogen and oxygen atoms in total. The highest BCUT2D eigenvalue weighted by atomic mass is 79.9. The lowest BCUT2D eigenvalue weighted by Crippen LogP contribution is -2.06. The van der Waals surface area contributed by atoms with Crippen molar-refractivity contribution in [1.82, 2.24) is 0 Å². The van der Waals surface area contributed by atoms with Gasteiger partial charge in [0, 0.05) is 12.2 Å². The second-order valence-electron chi connectivity index (χ2n) is 2.32. The number of halogens is 1. The molecule has 0 aliphatic rings. The molecule has 68 valence electrons. The van der Waals surface area contributed by atoms with Crippen LogP contribution in [0.1, 0.15) is 18.6 Å². The van der Waals surface area contributed by atoms with Crippen LogP contribution in [0.25, 0.3) is 0 Å². The zero-order valence-electron chi connectivity index (χ0n) is 6.79. The van der Waals surface area contributed by atoms with Crippen LogP contribution in [0.3, 0.4) is 0 Å². The fraction of sp³-hybridized carbons (Fsp3) is 0.500. The van der Waals surface area contributed by atoms with Crippen molar-refractivity contribution in [1.29, 1.82) is 0 Å². The largest absolute Gasteiger partial charge is 0.457 e. The maximum absolute atomic E-state index is 9.51. The van der Waals surface area contributed by atoms with Gasteiger partial charge < -0.3 is 14.3 Å². The number of ether oxygens (including phenoxy) is 1. The van der Waals surface area contributed by atoms with Gasteiger partial charge >= 0.3 is 0 Å². The quantitative estimate of drug-likeness (QED) is 0.868. The van der Waals surface area contributed by atoms with Crippen molar-refractivity contribution < 1.29 is 14.3 Å². The first-order chi connectivity index (χ1) is 5.75. The van der Waals surface area contributed by atoms with Crippen LogP contribution in [0.4, 0.5) is 0 Å². The van der Waals surface area contributed by atoms with Gasteiger partial charge in [0.1, 0.15) is 6.10 Å². The summed E-state index contributed by atoms with van der Waals surface area (Å²) in [6, 6.07) is 1.72. The van der Waals surface area contributed by atoms with Crippen molar-refractivity contribution in [2.24, 2.45) is 0 Å². The minimum absolute atomic E-state index is 0.300. The lowest BCUT2D eigenvalue weighted by atomic mass is 10.2. The van der Waals surface area contributed by atoms with Crippen molar-refractivity contribution in [3.05, 3.63) is 22.6 Å². The Balaban J connectivity index is 2.52. The van der Waals surface area contributed by atoms with Gasteiger partial charge in [-0.2, -0.15) is 0 Å². The summed E-state index contributed by atoms with van der Waals surface area (Å²) < 4.78 is 10.6. The van der Waals surface area contributed by atoms with Gasteiger partial charge in [-0.15, -0.1) is 0 Å². The highest BCUT2D eigenvalue weighted by Crippen LogP contribution is 2.24. The summed E-state index contributed by atoms with van der Waals surface area (Å²) in [6.07, 6.45) is 0.910. The molecule has 0 aliphatic carbocycles. The number of rotatable bonds is 4. The molecule has 1 aromatic rings. The van der Waals surface area contributed by atoms with Crippen molar-refractivity contribution in [3.63, 3.8) is 0 Å². The minimum Gasteiger partial charge on any atom is -0.457 e. The monoisotopic (exact) mass is 234 g/mol. The smallest absolute Gasteiger partial charge is 0.174 e. The number of hydrogen-bond donors (Lipinski definition) is 1. The average Bonchev–Trinajstić information content (AvgIpc) is 2.47. The van der Waals surface area contributed by atoms with Crippen molar-refractivity contribution in [3.8, 4) is 0 Å². The number of hydrogen-bond acceptors (Lipinski definition) is 3. The fourth-order valence-corrected chi connectivity index (χ4v) is 1.37. The van der Waals surface area contributed by atoms with E-state index < -0.39 is 6.10 Å². The van der Waals surface area contributed by atoms with Crippen LogP contribution < -0.4 is 0 Å². The van der Waals surface area contributed by atoms with Crippen LogP contribution in [0.15, 0.2) is 21.4 Å². The Morgan fingerprint density at radius 1 is 1.75 bits per heavy atom. The van der Waals surface area contributed by atoms with Crippen LogP contribution in [-0.4, -0.2) is 18.3 Å². The Labute approximate surface area is 79.5 Å². The van der Waals surface area contributed by atoms with E-state index in [0.717, 1.165) is 5.56 Å². The maximum Gasteiger partial charge on any atom is 0.174 e. The molecule has 1 N–H and O–H groups in total. The van der Waals surface area contributed by atoms with Crippen LogP contribution in [0.5, 0.6) is 0 Å². The Kier molecular flexibility index (Phi) is 3.78. The van der Waals surface area contributed by atoms with Crippen LogP contribution in [0.2, 0.25) is 0 Å². The van der Waals surface area contributed by atoms with E-state index in [4.69, 9.17) is 9.15 Å². The number of aliphatic hydroxyl groups is 1. The first-order valence-electron chi connectivity index (χ1n) is 3.74. The second-order valence-corrected chi connectivity index (χ2v) is 3.05. The van der Waals surface area contributed by atoms with Crippen molar-refractivity contribution in [2.45, 2.75) is 13.0 Å². The van der Waals surface area contributed by atoms with Gasteiger partial charge in [0.05, 0.1) is 12.9 Å². The van der Waals surface area contributed by atoms with E-state index in [1.54, 1.807) is 6.07 Å². The maximum atomic E-state index is 9.51. The van der Waals surface area contributed by atoms with Gasteiger partial charge in [-0.3, -0.25) is 0 Å². The zero-order chi connectivity index (χ0) is 8.97.